The minimum atomic E-state index is -0.454. The molecule has 4 heteroatoms. The Morgan fingerprint density at radius 3 is 2.12 bits per heavy atom. The second kappa shape index (κ2) is 6.52. The Hall–Kier alpha value is -2.04. The first-order valence-electron chi connectivity index (χ1n) is 5.49. The van der Waals surface area contributed by atoms with E-state index in [4.69, 9.17) is 10.5 Å². The average molecular weight is 229 g/mol. The molecule has 0 spiro atoms. The molecule has 1 rings (SSSR count). The van der Waals surface area contributed by atoms with E-state index in [1.807, 2.05) is 43.3 Å². The number of anilines is 1. The van der Waals surface area contributed by atoms with Gasteiger partial charge in [0, 0.05) is 5.69 Å². The van der Waals surface area contributed by atoms with Gasteiger partial charge in [-0.15, -0.1) is 0 Å². The van der Waals surface area contributed by atoms with Crippen molar-refractivity contribution >= 4 is 5.69 Å². The summed E-state index contributed by atoms with van der Waals surface area (Å²) in [7, 11) is 0. The highest BCUT2D eigenvalue weighted by Gasteiger charge is 2.07. The van der Waals surface area contributed by atoms with Crippen molar-refractivity contribution in [3.8, 4) is 12.1 Å². The highest BCUT2D eigenvalue weighted by molar-refractivity contribution is 5.49. The molecule has 0 aliphatic rings. The molecule has 0 unspecified atom stereocenters. The molecule has 88 valence electrons. The summed E-state index contributed by atoms with van der Waals surface area (Å²) in [6.45, 7) is 2.28. The van der Waals surface area contributed by atoms with Crippen molar-refractivity contribution in [1.29, 1.82) is 10.5 Å². The smallest absolute Gasteiger partial charge is 0.106 e. The first kappa shape index (κ1) is 13.0. The number of aliphatic hydroxyl groups is 1. The number of nitriles is 2. The lowest BCUT2D eigenvalue weighted by molar-refractivity contribution is 0.173. The molecule has 1 atom stereocenters. The summed E-state index contributed by atoms with van der Waals surface area (Å²) in [5.41, 5.74) is 1.67. The highest BCUT2D eigenvalue weighted by Crippen LogP contribution is 2.20. The summed E-state index contributed by atoms with van der Waals surface area (Å²) in [5.74, 6) is 0. The molecule has 4 nitrogen and oxygen atoms in total. The van der Waals surface area contributed by atoms with Gasteiger partial charge in [0.05, 0.1) is 18.2 Å². The lowest BCUT2D eigenvalue weighted by Crippen LogP contribution is -2.23. The van der Waals surface area contributed by atoms with Gasteiger partial charge in [0.2, 0.25) is 0 Å². The summed E-state index contributed by atoms with van der Waals surface area (Å²) in [6, 6.07) is 11.3. The van der Waals surface area contributed by atoms with Crippen LogP contribution in [0.25, 0.3) is 0 Å². The van der Waals surface area contributed by atoms with Crippen molar-refractivity contribution in [2.24, 2.45) is 0 Å². The van der Waals surface area contributed by atoms with Gasteiger partial charge in [-0.2, -0.15) is 10.5 Å². The van der Waals surface area contributed by atoms with Crippen LogP contribution >= 0.6 is 0 Å². The summed E-state index contributed by atoms with van der Waals surface area (Å²) in [5, 5.41) is 27.0. The van der Waals surface area contributed by atoms with Crippen LogP contribution in [0.2, 0.25) is 0 Å². The zero-order chi connectivity index (χ0) is 12.7. The molecule has 0 saturated heterocycles. The van der Waals surface area contributed by atoms with Gasteiger partial charge in [0.1, 0.15) is 13.1 Å². The third-order valence-electron chi connectivity index (χ3n) is 2.55. The fourth-order valence-corrected chi connectivity index (χ4v) is 1.55. The quantitative estimate of drug-likeness (QED) is 0.784. The van der Waals surface area contributed by atoms with Gasteiger partial charge in [-0.25, -0.2) is 0 Å². The monoisotopic (exact) mass is 229 g/mol. The number of aliphatic hydroxyl groups excluding tert-OH is 1. The zero-order valence-corrected chi connectivity index (χ0v) is 9.80. The van der Waals surface area contributed by atoms with Gasteiger partial charge in [0.15, 0.2) is 0 Å². The molecule has 0 amide bonds. The van der Waals surface area contributed by atoms with Gasteiger partial charge in [0.25, 0.3) is 0 Å². The van der Waals surface area contributed by atoms with Crippen LogP contribution in [-0.2, 0) is 0 Å². The average Bonchev–Trinajstić information content (AvgIpc) is 2.38. The standard InChI is InChI=1S/C13H15N3O/c1-2-13(17)11-3-5-12(6-4-11)16(9-7-14)10-8-15/h3-6,13,17H,2,9-10H2,1H3/t13-/m1/s1. The van der Waals surface area contributed by atoms with Crippen molar-refractivity contribution in [2.45, 2.75) is 19.4 Å². The zero-order valence-electron chi connectivity index (χ0n) is 9.80. The van der Waals surface area contributed by atoms with E-state index in [-0.39, 0.29) is 13.1 Å². The van der Waals surface area contributed by atoms with E-state index in [2.05, 4.69) is 0 Å². The van der Waals surface area contributed by atoms with Crippen LogP contribution in [0.15, 0.2) is 24.3 Å². The van der Waals surface area contributed by atoms with Crippen molar-refractivity contribution in [1.82, 2.24) is 0 Å². The van der Waals surface area contributed by atoms with E-state index in [9.17, 15) is 5.11 Å². The van der Waals surface area contributed by atoms with Crippen LogP contribution in [0.1, 0.15) is 25.0 Å². The van der Waals surface area contributed by atoms with Crippen LogP contribution in [0.5, 0.6) is 0 Å². The molecular formula is C13H15N3O. The number of benzene rings is 1. The van der Waals surface area contributed by atoms with Crippen molar-refractivity contribution in [3.63, 3.8) is 0 Å². The van der Waals surface area contributed by atoms with Gasteiger partial charge < -0.3 is 10.0 Å². The number of hydrogen-bond donors (Lipinski definition) is 1. The Kier molecular flexibility index (Phi) is 5.00. The first-order chi connectivity index (χ1) is 8.22. The molecule has 1 aromatic rings. The second-order valence-electron chi connectivity index (χ2n) is 3.69. The Morgan fingerprint density at radius 2 is 1.71 bits per heavy atom. The molecule has 1 N–H and O–H groups in total. The number of nitrogens with zero attached hydrogens (tertiary/aromatic N) is 3. The van der Waals surface area contributed by atoms with E-state index in [0.717, 1.165) is 11.3 Å². The minimum absolute atomic E-state index is 0.184. The van der Waals surface area contributed by atoms with E-state index < -0.39 is 6.10 Å². The summed E-state index contributed by atoms with van der Waals surface area (Å²) in [4.78, 5) is 1.68. The molecule has 17 heavy (non-hydrogen) atoms. The minimum Gasteiger partial charge on any atom is -0.388 e. The molecule has 0 aliphatic carbocycles. The van der Waals surface area contributed by atoms with E-state index >= 15 is 0 Å². The largest absolute Gasteiger partial charge is 0.388 e. The molecule has 1 aromatic carbocycles. The van der Waals surface area contributed by atoms with Crippen LogP contribution in [0, 0.1) is 22.7 Å². The van der Waals surface area contributed by atoms with Gasteiger partial charge in [-0.05, 0) is 24.1 Å². The Morgan fingerprint density at radius 1 is 1.18 bits per heavy atom. The van der Waals surface area contributed by atoms with Crippen LogP contribution < -0.4 is 4.90 Å². The predicted molar refractivity (Wildman–Crippen MR) is 65.1 cm³/mol. The lowest BCUT2D eigenvalue weighted by Gasteiger charge is -2.18. The lowest BCUT2D eigenvalue weighted by atomic mass is 10.1. The molecular weight excluding hydrogens is 214 g/mol. The summed E-state index contributed by atoms with van der Waals surface area (Å²) < 4.78 is 0. The summed E-state index contributed by atoms with van der Waals surface area (Å²) in [6.07, 6.45) is 0.212. The Labute approximate surface area is 101 Å². The second-order valence-corrected chi connectivity index (χ2v) is 3.69. The maximum atomic E-state index is 9.65. The molecule has 0 aliphatic heterocycles. The molecule has 0 saturated carbocycles. The highest BCUT2D eigenvalue weighted by atomic mass is 16.3. The number of rotatable bonds is 5. The third kappa shape index (κ3) is 3.48. The van der Waals surface area contributed by atoms with E-state index in [1.54, 1.807) is 4.90 Å². The van der Waals surface area contributed by atoms with Crippen LogP contribution in [0.4, 0.5) is 5.69 Å². The van der Waals surface area contributed by atoms with E-state index in [1.165, 1.54) is 0 Å². The SMILES string of the molecule is CC[C@@H](O)c1ccc(N(CC#N)CC#N)cc1. The van der Waals surface area contributed by atoms with Crippen LogP contribution in [0.3, 0.4) is 0 Å². The van der Waals surface area contributed by atoms with Gasteiger partial charge in [-0.3, -0.25) is 0 Å². The third-order valence-corrected chi connectivity index (χ3v) is 2.55. The van der Waals surface area contributed by atoms with Gasteiger partial charge >= 0.3 is 0 Å². The molecule has 0 fully saturated rings. The van der Waals surface area contributed by atoms with Crippen molar-refractivity contribution in [3.05, 3.63) is 29.8 Å². The first-order valence-corrected chi connectivity index (χ1v) is 5.49. The molecule has 0 aromatic heterocycles. The predicted octanol–water partition coefficient (Wildman–Crippen LogP) is 1.98. The Balaban J connectivity index is 2.85. The van der Waals surface area contributed by atoms with Crippen LogP contribution in [-0.4, -0.2) is 18.2 Å². The molecule has 0 heterocycles. The fraction of sp³-hybridized carbons (Fsp3) is 0.385. The van der Waals surface area contributed by atoms with Crippen molar-refractivity contribution < 1.29 is 5.11 Å². The maximum Gasteiger partial charge on any atom is 0.106 e. The van der Waals surface area contributed by atoms with E-state index in [0.29, 0.717) is 6.42 Å². The Bertz CT molecular complexity index is 411. The molecule has 0 bridgehead atoms. The number of hydrogen-bond acceptors (Lipinski definition) is 4. The van der Waals surface area contributed by atoms with Crippen molar-refractivity contribution in [2.75, 3.05) is 18.0 Å². The maximum absolute atomic E-state index is 9.65. The normalized spacial score (nSPS) is 11.3. The topological polar surface area (TPSA) is 71.0 Å². The van der Waals surface area contributed by atoms with Gasteiger partial charge in [-0.1, -0.05) is 19.1 Å². The fourth-order valence-electron chi connectivity index (χ4n) is 1.55. The molecule has 0 radical (unpaired) electrons. The summed E-state index contributed by atoms with van der Waals surface area (Å²) >= 11 is 0.